The fourth-order valence-corrected chi connectivity index (χ4v) is 2.50. The van der Waals surface area contributed by atoms with E-state index in [9.17, 15) is 14.0 Å². The molecule has 23 heavy (non-hydrogen) atoms. The number of benzene rings is 1. The zero-order valence-corrected chi connectivity index (χ0v) is 14.1. The van der Waals surface area contributed by atoms with Crippen LogP contribution in [0, 0.1) is 11.7 Å². The van der Waals surface area contributed by atoms with Gasteiger partial charge in [0.15, 0.2) is 0 Å². The van der Waals surface area contributed by atoms with Crippen molar-refractivity contribution in [1.29, 1.82) is 0 Å². The lowest BCUT2D eigenvalue weighted by Gasteiger charge is -2.20. The molecule has 0 saturated heterocycles. The maximum atomic E-state index is 14.2. The average Bonchev–Trinajstić information content (AvgIpc) is 2.63. The highest BCUT2D eigenvalue weighted by molar-refractivity contribution is 6.34. The highest BCUT2D eigenvalue weighted by Gasteiger charge is 2.35. The molecule has 5 heteroatoms. The molecular weight excluding hydrogens is 297 g/mol. The van der Waals surface area contributed by atoms with Crippen LogP contribution >= 0.6 is 0 Å². The first-order chi connectivity index (χ1) is 10.6. The summed E-state index contributed by atoms with van der Waals surface area (Å²) in [6.07, 6.45) is 1.16. The number of halogens is 1. The minimum Gasteiger partial charge on any atom is -0.457 e. The summed E-state index contributed by atoms with van der Waals surface area (Å²) in [5, 5.41) is 0. The van der Waals surface area contributed by atoms with Crippen molar-refractivity contribution in [3.63, 3.8) is 0 Å². The Morgan fingerprint density at radius 3 is 2.57 bits per heavy atom. The summed E-state index contributed by atoms with van der Waals surface area (Å²) in [7, 11) is 0. The first-order valence-corrected chi connectivity index (χ1v) is 7.65. The SMILES string of the molecule is CC(C)CN1C(=O)/C(=C/C(=O)OC(C)(C)C)c2cccc(F)c21. The minimum absolute atomic E-state index is 0.173. The van der Waals surface area contributed by atoms with Crippen LogP contribution in [0.4, 0.5) is 10.1 Å². The summed E-state index contributed by atoms with van der Waals surface area (Å²) in [5.74, 6) is -1.27. The number of anilines is 1. The summed E-state index contributed by atoms with van der Waals surface area (Å²) < 4.78 is 19.4. The summed E-state index contributed by atoms with van der Waals surface area (Å²) in [5.41, 5.74) is 0.190. The maximum absolute atomic E-state index is 14.2. The molecule has 1 heterocycles. The normalized spacial score (nSPS) is 16.2. The van der Waals surface area contributed by atoms with E-state index in [2.05, 4.69) is 0 Å². The molecule has 1 aliphatic rings. The number of hydrogen-bond acceptors (Lipinski definition) is 3. The van der Waals surface area contributed by atoms with E-state index in [1.54, 1.807) is 26.8 Å². The number of rotatable bonds is 3. The molecule has 0 aromatic heterocycles. The summed E-state index contributed by atoms with van der Waals surface area (Å²) in [6, 6.07) is 4.49. The van der Waals surface area contributed by atoms with Crippen LogP contribution in [0.5, 0.6) is 0 Å². The monoisotopic (exact) mass is 319 g/mol. The number of carbonyl (C=O) groups excluding carboxylic acids is 2. The highest BCUT2D eigenvalue weighted by atomic mass is 19.1. The van der Waals surface area contributed by atoms with Gasteiger partial charge >= 0.3 is 5.97 Å². The van der Waals surface area contributed by atoms with Gasteiger partial charge in [-0.1, -0.05) is 26.0 Å². The Kier molecular flexibility index (Phi) is 4.59. The van der Waals surface area contributed by atoms with E-state index >= 15 is 0 Å². The van der Waals surface area contributed by atoms with E-state index in [0.29, 0.717) is 12.1 Å². The van der Waals surface area contributed by atoms with Gasteiger partial charge in [-0.05, 0) is 32.8 Å². The lowest BCUT2D eigenvalue weighted by molar-refractivity contribution is -0.148. The highest BCUT2D eigenvalue weighted by Crippen LogP contribution is 2.39. The largest absolute Gasteiger partial charge is 0.457 e. The Hall–Kier alpha value is -2.17. The number of carbonyl (C=O) groups is 2. The van der Waals surface area contributed by atoms with Crippen molar-refractivity contribution in [2.45, 2.75) is 40.2 Å². The molecular formula is C18H22FNO3. The topological polar surface area (TPSA) is 46.6 Å². The fourth-order valence-electron chi connectivity index (χ4n) is 2.50. The van der Waals surface area contributed by atoms with E-state index in [1.165, 1.54) is 17.0 Å². The number of nitrogens with zero attached hydrogens (tertiary/aromatic N) is 1. The van der Waals surface area contributed by atoms with Gasteiger partial charge in [0, 0.05) is 18.2 Å². The van der Waals surface area contributed by atoms with Gasteiger partial charge in [0.1, 0.15) is 11.4 Å². The van der Waals surface area contributed by atoms with Crippen molar-refractivity contribution in [2.24, 2.45) is 5.92 Å². The van der Waals surface area contributed by atoms with E-state index in [4.69, 9.17) is 4.74 Å². The summed E-state index contributed by atoms with van der Waals surface area (Å²) in [4.78, 5) is 26.0. The van der Waals surface area contributed by atoms with Gasteiger partial charge in [0.05, 0.1) is 11.3 Å². The third-order valence-corrected chi connectivity index (χ3v) is 3.24. The molecule has 4 nitrogen and oxygen atoms in total. The Balaban J connectivity index is 2.45. The van der Waals surface area contributed by atoms with Crippen molar-refractivity contribution in [3.8, 4) is 0 Å². The fraction of sp³-hybridized carbons (Fsp3) is 0.444. The minimum atomic E-state index is -0.655. The lowest BCUT2D eigenvalue weighted by Crippen LogP contribution is -2.31. The van der Waals surface area contributed by atoms with Gasteiger partial charge in [-0.2, -0.15) is 0 Å². The first kappa shape index (κ1) is 17.2. The molecule has 0 aliphatic carbocycles. The van der Waals surface area contributed by atoms with Crippen LogP contribution < -0.4 is 4.90 Å². The quantitative estimate of drug-likeness (QED) is 0.632. The third-order valence-electron chi connectivity index (χ3n) is 3.24. The first-order valence-electron chi connectivity index (χ1n) is 7.65. The van der Waals surface area contributed by atoms with Crippen LogP contribution in [0.25, 0.3) is 5.57 Å². The summed E-state index contributed by atoms with van der Waals surface area (Å²) in [6.45, 7) is 9.53. The van der Waals surface area contributed by atoms with Crippen molar-refractivity contribution in [1.82, 2.24) is 0 Å². The van der Waals surface area contributed by atoms with Crippen LogP contribution in [0.15, 0.2) is 24.3 Å². The summed E-state index contributed by atoms with van der Waals surface area (Å²) >= 11 is 0. The van der Waals surface area contributed by atoms with E-state index < -0.39 is 17.4 Å². The van der Waals surface area contributed by atoms with Crippen LogP contribution in [0.3, 0.4) is 0 Å². The molecule has 1 aromatic carbocycles. The van der Waals surface area contributed by atoms with Crippen LogP contribution in [0.2, 0.25) is 0 Å². The molecule has 124 valence electrons. The van der Waals surface area contributed by atoms with Crippen molar-refractivity contribution in [3.05, 3.63) is 35.7 Å². The lowest BCUT2D eigenvalue weighted by atomic mass is 10.1. The molecule has 1 aromatic rings. The van der Waals surface area contributed by atoms with E-state index in [1.807, 2.05) is 13.8 Å². The van der Waals surface area contributed by atoms with Gasteiger partial charge < -0.3 is 9.64 Å². The Morgan fingerprint density at radius 1 is 1.35 bits per heavy atom. The van der Waals surface area contributed by atoms with Gasteiger partial charge in [-0.15, -0.1) is 0 Å². The number of ether oxygens (including phenoxy) is 1. The zero-order chi connectivity index (χ0) is 17.4. The molecule has 1 aliphatic heterocycles. The second-order valence-electron chi connectivity index (χ2n) is 7.04. The molecule has 2 rings (SSSR count). The predicted octanol–water partition coefficient (Wildman–Crippen LogP) is 3.55. The van der Waals surface area contributed by atoms with E-state index in [0.717, 1.165) is 6.08 Å². The molecule has 0 spiro atoms. The van der Waals surface area contributed by atoms with Crippen LogP contribution in [0.1, 0.15) is 40.2 Å². The second kappa shape index (κ2) is 6.14. The number of esters is 1. The molecule has 0 bridgehead atoms. The van der Waals surface area contributed by atoms with Gasteiger partial charge in [-0.25, -0.2) is 9.18 Å². The Morgan fingerprint density at radius 2 is 2.00 bits per heavy atom. The van der Waals surface area contributed by atoms with Crippen LogP contribution in [-0.4, -0.2) is 24.0 Å². The smallest absolute Gasteiger partial charge is 0.332 e. The molecule has 0 saturated carbocycles. The van der Waals surface area contributed by atoms with Gasteiger partial charge in [0.25, 0.3) is 5.91 Å². The number of para-hydroxylation sites is 1. The van der Waals surface area contributed by atoms with E-state index in [-0.39, 0.29) is 23.1 Å². The second-order valence-corrected chi connectivity index (χ2v) is 7.04. The van der Waals surface area contributed by atoms with Crippen molar-refractivity contribution in [2.75, 3.05) is 11.4 Å². The van der Waals surface area contributed by atoms with Gasteiger partial charge in [0.2, 0.25) is 0 Å². The molecule has 0 radical (unpaired) electrons. The third kappa shape index (κ3) is 3.78. The molecule has 0 fully saturated rings. The number of hydrogen-bond donors (Lipinski definition) is 0. The molecule has 1 amide bonds. The average molecular weight is 319 g/mol. The standard InChI is InChI=1S/C18H22FNO3/c1-11(2)10-20-16-12(7-6-8-14(16)19)13(17(20)22)9-15(21)23-18(3,4)5/h6-9,11H,10H2,1-5H3/b13-9+. The molecule has 0 N–H and O–H groups in total. The maximum Gasteiger partial charge on any atom is 0.332 e. The number of amides is 1. The Labute approximate surface area is 135 Å². The van der Waals surface area contributed by atoms with Crippen LogP contribution in [-0.2, 0) is 14.3 Å². The molecule has 0 atom stereocenters. The molecule has 0 unspecified atom stereocenters. The van der Waals surface area contributed by atoms with Gasteiger partial charge in [-0.3, -0.25) is 4.79 Å². The van der Waals surface area contributed by atoms with Crippen molar-refractivity contribution >= 4 is 23.1 Å². The number of fused-ring (bicyclic) bond motifs is 1. The Bertz CT molecular complexity index is 671. The predicted molar refractivity (Wildman–Crippen MR) is 87.4 cm³/mol. The van der Waals surface area contributed by atoms with Crippen molar-refractivity contribution < 1.29 is 18.7 Å². The zero-order valence-electron chi connectivity index (χ0n) is 14.1.